The van der Waals surface area contributed by atoms with Crippen LogP contribution in [0.5, 0.6) is 0 Å². The van der Waals surface area contributed by atoms with Crippen LogP contribution >= 0.6 is 23.2 Å². The van der Waals surface area contributed by atoms with Gasteiger partial charge < -0.3 is 10.4 Å². The second-order valence-corrected chi connectivity index (χ2v) is 5.39. The number of aliphatic carboxylic acids is 1. The molecule has 0 aliphatic carbocycles. The van der Waals surface area contributed by atoms with Gasteiger partial charge in [-0.3, -0.25) is 4.79 Å². The first kappa shape index (κ1) is 16.5. The van der Waals surface area contributed by atoms with Gasteiger partial charge in [0.15, 0.2) is 0 Å². The summed E-state index contributed by atoms with van der Waals surface area (Å²) in [6, 6.07) is 4.87. The molecule has 4 nitrogen and oxygen atoms in total. The van der Waals surface area contributed by atoms with E-state index in [-0.39, 0.29) is 6.42 Å². The van der Waals surface area contributed by atoms with Gasteiger partial charge in [0.05, 0.1) is 0 Å². The minimum atomic E-state index is -1.28. The van der Waals surface area contributed by atoms with Gasteiger partial charge in [-0.15, -0.1) is 0 Å². The van der Waals surface area contributed by atoms with Crippen LogP contribution in [0.2, 0.25) is 10.0 Å². The van der Waals surface area contributed by atoms with Crippen molar-refractivity contribution in [2.24, 2.45) is 0 Å². The first-order chi connectivity index (χ1) is 9.26. The molecule has 0 heterocycles. The van der Waals surface area contributed by atoms with Gasteiger partial charge in [-0.2, -0.15) is 0 Å². The Morgan fingerprint density at radius 1 is 1.30 bits per heavy atom. The highest BCUT2D eigenvalue weighted by atomic mass is 35.5. The summed E-state index contributed by atoms with van der Waals surface area (Å²) in [4.78, 5) is 22.8. The highest BCUT2D eigenvalue weighted by Gasteiger charge is 2.31. The van der Waals surface area contributed by atoms with Crippen LogP contribution in [0.25, 0.3) is 6.08 Å². The smallest absolute Gasteiger partial charge is 0.329 e. The molecular weight excluding hydrogens is 301 g/mol. The highest BCUT2D eigenvalue weighted by Crippen LogP contribution is 2.20. The maximum absolute atomic E-state index is 11.7. The number of carbonyl (C=O) groups excluding carboxylic acids is 1. The summed E-state index contributed by atoms with van der Waals surface area (Å²) in [7, 11) is 0. The number of carboxylic acid groups (broad SMARTS) is 1. The third kappa shape index (κ3) is 4.54. The summed E-state index contributed by atoms with van der Waals surface area (Å²) in [6.45, 7) is 3.15. The van der Waals surface area contributed by atoms with E-state index in [4.69, 9.17) is 28.3 Å². The number of amides is 1. The van der Waals surface area contributed by atoms with Crippen LogP contribution in [0.1, 0.15) is 25.8 Å². The Labute approximate surface area is 127 Å². The van der Waals surface area contributed by atoms with Gasteiger partial charge >= 0.3 is 5.97 Å². The van der Waals surface area contributed by atoms with Gasteiger partial charge in [0.1, 0.15) is 5.54 Å². The number of hydrogen-bond donors (Lipinski definition) is 2. The Balaban J connectivity index is 2.80. The van der Waals surface area contributed by atoms with Crippen molar-refractivity contribution in [1.29, 1.82) is 0 Å². The quantitative estimate of drug-likeness (QED) is 0.819. The fourth-order valence-electron chi connectivity index (χ4n) is 1.45. The highest BCUT2D eigenvalue weighted by molar-refractivity contribution is 6.34. The van der Waals surface area contributed by atoms with Crippen molar-refractivity contribution < 1.29 is 14.7 Å². The number of halogens is 2. The van der Waals surface area contributed by atoms with E-state index >= 15 is 0 Å². The minimum Gasteiger partial charge on any atom is -0.480 e. The fraction of sp³-hybridized carbons (Fsp3) is 0.286. The van der Waals surface area contributed by atoms with E-state index in [9.17, 15) is 9.59 Å². The molecule has 1 amide bonds. The van der Waals surface area contributed by atoms with Crippen molar-refractivity contribution >= 4 is 41.2 Å². The predicted octanol–water partition coefficient (Wildman–Crippen LogP) is 3.38. The average Bonchev–Trinajstić information content (AvgIpc) is 2.35. The zero-order chi connectivity index (χ0) is 15.3. The van der Waals surface area contributed by atoms with E-state index in [0.29, 0.717) is 15.6 Å². The van der Waals surface area contributed by atoms with Gasteiger partial charge in [-0.05, 0) is 43.2 Å². The van der Waals surface area contributed by atoms with Crippen LogP contribution in [0.15, 0.2) is 24.3 Å². The molecule has 0 aromatic heterocycles. The number of carboxylic acids is 1. The standard InChI is InChI=1S/C14H15Cl2NO3/c1-3-14(2,13(19)20)17-12(18)5-4-9-6-10(15)8-11(16)7-9/h4-8H,3H2,1-2H3,(H,17,18)(H,19,20). The van der Waals surface area contributed by atoms with E-state index in [1.807, 2.05) is 0 Å². The number of rotatable bonds is 5. The molecular formula is C14H15Cl2NO3. The maximum atomic E-state index is 11.7. The molecule has 1 aromatic carbocycles. The zero-order valence-corrected chi connectivity index (χ0v) is 12.6. The summed E-state index contributed by atoms with van der Waals surface area (Å²) in [6.07, 6.45) is 3.05. The normalized spacial score (nSPS) is 14.0. The van der Waals surface area contributed by atoms with Crippen molar-refractivity contribution in [2.45, 2.75) is 25.8 Å². The molecule has 0 saturated heterocycles. The third-order valence-corrected chi connectivity index (χ3v) is 3.33. The Morgan fingerprint density at radius 2 is 1.85 bits per heavy atom. The summed E-state index contributed by atoms with van der Waals surface area (Å²) in [5, 5.41) is 12.4. The molecule has 1 rings (SSSR count). The van der Waals surface area contributed by atoms with Crippen LogP contribution in [0, 0.1) is 0 Å². The molecule has 108 valence electrons. The monoisotopic (exact) mass is 315 g/mol. The summed E-state index contributed by atoms with van der Waals surface area (Å²) in [5.74, 6) is -1.57. The Bertz CT molecular complexity index is 537. The van der Waals surface area contributed by atoms with E-state index in [1.165, 1.54) is 19.1 Å². The molecule has 0 fully saturated rings. The number of benzene rings is 1. The van der Waals surface area contributed by atoms with Gasteiger partial charge in [-0.25, -0.2) is 4.79 Å². The van der Waals surface area contributed by atoms with Crippen molar-refractivity contribution in [3.63, 3.8) is 0 Å². The van der Waals surface area contributed by atoms with Crippen molar-refractivity contribution in [3.8, 4) is 0 Å². The molecule has 0 saturated carbocycles. The average molecular weight is 316 g/mol. The van der Waals surface area contributed by atoms with Gasteiger partial charge in [0.2, 0.25) is 5.91 Å². The lowest BCUT2D eigenvalue weighted by atomic mass is 9.99. The molecule has 1 atom stereocenters. The second kappa shape index (κ2) is 6.77. The first-order valence-corrected chi connectivity index (χ1v) is 6.72. The predicted molar refractivity (Wildman–Crippen MR) is 80.0 cm³/mol. The molecule has 0 aliphatic rings. The molecule has 1 aromatic rings. The number of carbonyl (C=O) groups is 2. The fourth-order valence-corrected chi connectivity index (χ4v) is 1.99. The zero-order valence-electron chi connectivity index (χ0n) is 11.1. The summed E-state index contributed by atoms with van der Waals surface area (Å²) < 4.78 is 0. The number of hydrogen-bond acceptors (Lipinski definition) is 2. The van der Waals surface area contributed by atoms with Crippen molar-refractivity contribution in [1.82, 2.24) is 5.32 Å². The molecule has 1 unspecified atom stereocenters. The molecule has 0 spiro atoms. The molecule has 2 N–H and O–H groups in total. The summed E-state index contributed by atoms with van der Waals surface area (Å²) in [5.41, 5.74) is -0.626. The van der Waals surface area contributed by atoms with E-state index < -0.39 is 17.4 Å². The second-order valence-electron chi connectivity index (χ2n) is 4.52. The van der Waals surface area contributed by atoms with E-state index in [2.05, 4.69) is 5.32 Å². The van der Waals surface area contributed by atoms with E-state index in [0.717, 1.165) is 0 Å². The Kier molecular flexibility index (Phi) is 5.60. The van der Waals surface area contributed by atoms with Gasteiger partial charge in [0.25, 0.3) is 0 Å². The molecule has 6 heteroatoms. The minimum absolute atomic E-state index is 0.283. The Morgan fingerprint density at radius 3 is 2.30 bits per heavy atom. The lowest BCUT2D eigenvalue weighted by Crippen LogP contribution is -2.51. The van der Waals surface area contributed by atoms with E-state index in [1.54, 1.807) is 25.1 Å². The molecule has 0 bridgehead atoms. The van der Waals surface area contributed by atoms with Gasteiger partial charge in [-0.1, -0.05) is 30.1 Å². The largest absolute Gasteiger partial charge is 0.480 e. The number of nitrogens with one attached hydrogen (secondary N) is 1. The topological polar surface area (TPSA) is 66.4 Å². The SMILES string of the molecule is CCC(C)(NC(=O)C=Cc1cc(Cl)cc(Cl)c1)C(=O)O. The Hall–Kier alpha value is -1.52. The van der Waals surface area contributed by atoms with Crippen LogP contribution in [0.3, 0.4) is 0 Å². The van der Waals surface area contributed by atoms with Crippen LogP contribution < -0.4 is 5.32 Å². The molecule has 20 heavy (non-hydrogen) atoms. The molecule has 0 radical (unpaired) electrons. The first-order valence-electron chi connectivity index (χ1n) is 5.96. The lowest BCUT2D eigenvalue weighted by molar-refractivity contribution is -0.146. The van der Waals surface area contributed by atoms with Crippen molar-refractivity contribution in [2.75, 3.05) is 0 Å². The maximum Gasteiger partial charge on any atom is 0.329 e. The lowest BCUT2D eigenvalue weighted by Gasteiger charge is -2.23. The van der Waals surface area contributed by atoms with Crippen LogP contribution in [-0.2, 0) is 9.59 Å². The third-order valence-electron chi connectivity index (χ3n) is 2.89. The molecule has 0 aliphatic heterocycles. The van der Waals surface area contributed by atoms with Crippen molar-refractivity contribution in [3.05, 3.63) is 39.9 Å². The van der Waals surface area contributed by atoms with Crippen LogP contribution in [0.4, 0.5) is 0 Å². The van der Waals surface area contributed by atoms with Crippen LogP contribution in [-0.4, -0.2) is 22.5 Å². The van der Waals surface area contributed by atoms with Gasteiger partial charge in [0, 0.05) is 16.1 Å². The summed E-state index contributed by atoms with van der Waals surface area (Å²) >= 11 is 11.7.